The molecule has 3 nitrogen and oxygen atoms in total. The predicted molar refractivity (Wildman–Crippen MR) is 96.6 cm³/mol. The van der Waals surface area contributed by atoms with E-state index in [1.807, 2.05) is 0 Å². The Bertz CT molecular complexity index is 650. The third-order valence-electron chi connectivity index (χ3n) is 5.68. The Balaban J connectivity index is 1.74. The average Bonchev–Trinajstić information content (AvgIpc) is 2.87. The van der Waals surface area contributed by atoms with Crippen molar-refractivity contribution < 1.29 is 0 Å². The minimum atomic E-state index is 0.111. The summed E-state index contributed by atoms with van der Waals surface area (Å²) in [7, 11) is 0. The van der Waals surface area contributed by atoms with E-state index in [4.69, 9.17) is 10.7 Å². The lowest BCUT2D eigenvalue weighted by atomic mass is 9.76. The van der Waals surface area contributed by atoms with Crippen LogP contribution in [0.1, 0.15) is 74.9 Å². The molecule has 0 saturated heterocycles. The molecule has 0 amide bonds. The molecule has 0 radical (unpaired) electrons. The van der Waals surface area contributed by atoms with E-state index in [1.165, 1.54) is 56.2 Å². The van der Waals surface area contributed by atoms with Gasteiger partial charge in [0.1, 0.15) is 5.65 Å². The van der Waals surface area contributed by atoms with Crippen LogP contribution in [-0.2, 0) is 0 Å². The van der Waals surface area contributed by atoms with Crippen molar-refractivity contribution in [1.82, 2.24) is 9.38 Å². The van der Waals surface area contributed by atoms with Crippen molar-refractivity contribution in [2.75, 3.05) is 0 Å². The van der Waals surface area contributed by atoms with Gasteiger partial charge >= 0.3 is 0 Å². The molecule has 2 aromatic heterocycles. The van der Waals surface area contributed by atoms with Gasteiger partial charge in [0.15, 0.2) is 0 Å². The molecule has 3 heteroatoms. The van der Waals surface area contributed by atoms with Crippen LogP contribution < -0.4 is 5.73 Å². The largest absolute Gasteiger partial charge is 0.322 e. The normalized spacial score (nSPS) is 23.3. The molecule has 2 N–H and O–H groups in total. The Labute approximate surface area is 140 Å². The van der Waals surface area contributed by atoms with Crippen LogP contribution in [0.3, 0.4) is 0 Å². The molecule has 0 bridgehead atoms. The van der Waals surface area contributed by atoms with Crippen molar-refractivity contribution >= 4 is 5.65 Å². The highest BCUT2D eigenvalue weighted by Gasteiger charge is 2.29. The molecule has 0 aliphatic heterocycles. The van der Waals surface area contributed by atoms with Gasteiger partial charge < -0.3 is 10.1 Å². The van der Waals surface area contributed by atoms with Gasteiger partial charge in [0.25, 0.3) is 0 Å². The standard InChI is InChI=1S/C20H31N3/c1-4-5-6-16-7-9-17(10-8-16)19(21)20-15(3)22-18-13-14(2)11-12-23(18)20/h11-13,16-17,19H,4-10,21H2,1-3H3. The molecule has 1 fully saturated rings. The molecule has 1 aliphatic rings. The van der Waals surface area contributed by atoms with Crippen molar-refractivity contribution in [3.8, 4) is 0 Å². The first-order chi connectivity index (χ1) is 11.1. The Kier molecular flexibility index (Phi) is 5.05. The Morgan fingerprint density at radius 2 is 2.00 bits per heavy atom. The van der Waals surface area contributed by atoms with Gasteiger partial charge in [-0.25, -0.2) is 4.98 Å². The zero-order chi connectivity index (χ0) is 16.4. The molecule has 2 heterocycles. The van der Waals surface area contributed by atoms with Crippen molar-refractivity contribution in [3.63, 3.8) is 0 Å². The number of aromatic nitrogens is 2. The van der Waals surface area contributed by atoms with E-state index in [0.717, 1.165) is 17.3 Å². The molecule has 3 rings (SSSR count). The molecule has 1 atom stereocenters. The van der Waals surface area contributed by atoms with Crippen LogP contribution in [0.4, 0.5) is 0 Å². The average molecular weight is 313 g/mol. The second-order valence-electron chi connectivity index (χ2n) is 7.46. The second-order valence-corrected chi connectivity index (χ2v) is 7.46. The van der Waals surface area contributed by atoms with Gasteiger partial charge in [0.05, 0.1) is 17.4 Å². The smallest absolute Gasteiger partial charge is 0.137 e. The highest BCUT2D eigenvalue weighted by Crippen LogP contribution is 2.38. The zero-order valence-electron chi connectivity index (χ0n) is 14.9. The molecule has 0 spiro atoms. The van der Waals surface area contributed by atoms with E-state index in [0.29, 0.717) is 5.92 Å². The number of unbranched alkanes of at least 4 members (excludes halogenated alkanes) is 1. The fourth-order valence-electron chi connectivity index (χ4n) is 4.24. The van der Waals surface area contributed by atoms with Crippen molar-refractivity contribution in [2.45, 2.75) is 71.8 Å². The summed E-state index contributed by atoms with van der Waals surface area (Å²) in [6, 6.07) is 4.40. The first-order valence-electron chi connectivity index (χ1n) is 9.31. The zero-order valence-corrected chi connectivity index (χ0v) is 14.9. The predicted octanol–water partition coefficient (Wildman–Crippen LogP) is 4.95. The fraction of sp³-hybridized carbons (Fsp3) is 0.650. The quantitative estimate of drug-likeness (QED) is 0.849. The molecular formula is C20H31N3. The molecule has 1 unspecified atom stereocenters. The number of imidazole rings is 1. The summed E-state index contributed by atoms with van der Waals surface area (Å²) in [6.07, 6.45) is 11.5. The van der Waals surface area contributed by atoms with Crippen molar-refractivity contribution in [3.05, 3.63) is 35.3 Å². The van der Waals surface area contributed by atoms with Gasteiger partial charge in [-0.1, -0.05) is 39.0 Å². The number of aryl methyl sites for hydroxylation is 2. The van der Waals surface area contributed by atoms with Gasteiger partial charge in [-0.15, -0.1) is 0 Å². The van der Waals surface area contributed by atoms with Gasteiger partial charge in [0, 0.05) is 6.20 Å². The first-order valence-corrected chi connectivity index (χ1v) is 9.31. The number of pyridine rings is 1. The Hall–Kier alpha value is -1.35. The first kappa shape index (κ1) is 16.5. The molecule has 126 valence electrons. The number of hydrogen-bond donors (Lipinski definition) is 1. The van der Waals surface area contributed by atoms with Gasteiger partial charge in [-0.3, -0.25) is 0 Å². The summed E-state index contributed by atoms with van der Waals surface area (Å²) in [5.41, 5.74) is 11.3. The van der Waals surface area contributed by atoms with Crippen LogP contribution in [0.15, 0.2) is 18.3 Å². The molecule has 1 saturated carbocycles. The molecule has 23 heavy (non-hydrogen) atoms. The molecule has 2 aromatic rings. The van der Waals surface area contributed by atoms with E-state index in [2.05, 4.69) is 43.5 Å². The maximum Gasteiger partial charge on any atom is 0.137 e. The summed E-state index contributed by atoms with van der Waals surface area (Å²) >= 11 is 0. The number of hydrogen-bond acceptors (Lipinski definition) is 2. The lowest BCUT2D eigenvalue weighted by molar-refractivity contribution is 0.230. The van der Waals surface area contributed by atoms with Gasteiger partial charge in [0.2, 0.25) is 0 Å². The summed E-state index contributed by atoms with van der Waals surface area (Å²) in [5.74, 6) is 1.54. The van der Waals surface area contributed by atoms with Gasteiger partial charge in [-0.05, 0) is 56.2 Å². The third kappa shape index (κ3) is 3.45. The van der Waals surface area contributed by atoms with Crippen LogP contribution in [0.25, 0.3) is 5.65 Å². The second kappa shape index (κ2) is 7.04. The van der Waals surface area contributed by atoms with Crippen LogP contribution in [0, 0.1) is 25.7 Å². The minimum absolute atomic E-state index is 0.111. The fourth-order valence-corrected chi connectivity index (χ4v) is 4.24. The number of nitrogens with two attached hydrogens (primary N) is 1. The topological polar surface area (TPSA) is 43.3 Å². The van der Waals surface area contributed by atoms with Crippen LogP contribution in [-0.4, -0.2) is 9.38 Å². The lowest BCUT2D eigenvalue weighted by Crippen LogP contribution is -2.27. The molecule has 0 aromatic carbocycles. The highest BCUT2D eigenvalue weighted by molar-refractivity contribution is 5.46. The summed E-state index contributed by atoms with van der Waals surface area (Å²) < 4.78 is 2.20. The molecular weight excluding hydrogens is 282 g/mol. The maximum absolute atomic E-state index is 6.70. The Morgan fingerprint density at radius 1 is 1.26 bits per heavy atom. The molecule has 1 aliphatic carbocycles. The van der Waals surface area contributed by atoms with Crippen LogP contribution in [0.2, 0.25) is 0 Å². The Morgan fingerprint density at radius 3 is 2.70 bits per heavy atom. The van der Waals surface area contributed by atoms with E-state index >= 15 is 0 Å². The van der Waals surface area contributed by atoms with E-state index in [1.54, 1.807) is 0 Å². The van der Waals surface area contributed by atoms with E-state index in [-0.39, 0.29) is 6.04 Å². The van der Waals surface area contributed by atoms with Crippen LogP contribution in [0.5, 0.6) is 0 Å². The highest BCUT2D eigenvalue weighted by atomic mass is 15.0. The number of nitrogens with zero attached hydrogens (tertiary/aromatic N) is 2. The van der Waals surface area contributed by atoms with Crippen LogP contribution >= 0.6 is 0 Å². The monoisotopic (exact) mass is 313 g/mol. The summed E-state index contributed by atoms with van der Waals surface area (Å²) in [6.45, 7) is 6.50. The minimum Gasteiger partial charge on any atom is -0.322 e. The number of rotatable bonds is 5. The summed E-state index contributed by atoms with van der Waals surface area (Å²) in [5, 5.41) is 0. The maximum atomic E-state index is 6.70. The van der Waals surface area contributed by atoms with Gasteiger partial charge in [-0.2, -0.15) is 0 Å². The lowest BCUT2D eigenvalue weighted by Gasteiger charge is -2.32. The van der Waals surface area contributed by atoms with Crippen molar-refractivity contribution in [2.24, 2.45) is 17.6 Å². The van der Waals surface area contributed by atoms with E-state index < -0.39 is 0 Å². The number of fused-ring (bicyclic) bond motifs is 1. The van der Waals surface area contributed by atoms with Crippen molar-refractivity contribution in [1.29, 1.82) is 0 Å². The SMILES string of the molecule is CCCCC1CCC(C(N)c2c(C)nc3cc(C)ccn23)CC1. The van der Waals surface area contributed by atoms with E-state index in [9.17, 15) is 0 Å². The summed E-state index contributed by atoms with van der Waals surface area (Å²) in [4.78, 5) is 4.73. The third-order valence-corrected chi connectivity index (χ3v) is 5.68.